The third-order valence-electron chi connectivity index (χ3n) is 4.74. The molecule has 1 aromatic carbocycles. The number of hydrogen-bond donors (Lipinski definition) is 0. The first-order valence-electron chi connectivity index (χ1n) is 7.73. The highest BCUT2D eigenvalue weighted by Gasteiger charge is 2.33. The lowest BCUT2D eigenvalue weighted by Crippen LogP contribution is -2.44. The van der Waals surface area contributed by atoms with Gasteiger partial charge in [-0.1, -0.05) is 37.1 Å². The molecule has 1 atom stereocenters. The Morgan fingerprint density at radius 1 is 1.15 bits per heavy atom. The molecule has 1 aromatic rings. The lowest BCUT2D eigenvalue weighted by Gasteiger charge is -2.31. The van der Waals surface area contributed by atoms with Crippen molar-refractivity contribution in [1.82, 2.24) is 4.90 Å². The van der Waals surface area contributed by atoms with Gasteiger partial charge in [0, 0.05) is 24.4 Å². The zero-order valence-electron chi connectivity index (χ0n) is 11.9. The zero-order chi connectivity index (χ0) is 13.9. The number of benzene rings is 1. The maximum Gasteiger partial charge on any atom is 0.226 e. The summed E-state index contributed by atoms with van der Waals surface area (Å²) in [6, 6.07) is 8.70. The summed E-state index contributed by atoms with van der Waals surface area (Å²) in [5, 5.41) is 0. The molecule has 1 fully saturated rings. The van der Waals surface area contributed by atoms with Crippen molar-refractivity contribution in [3.05, 3.63) is 35.4 Å². The largest absolute Gasteiger partial charge is 0.338 e. The Kier molecular flexibility index (Phi) is 4.30. The van der Waals surface area contributed by atoms with Gasteiger partial charge in [-0.15, -0.1) is 11.6 Å². The fourth-order valence-corrected chi connectivity index (χ4v) is 3.92. The van der Waals surface area contributed by atoms with Gasteiger partial charge in [0.05, 0.1) is 0 Å². The second-order valence-corrected chi connectivity index (χ2v) is 6.37. The van der Waals surface area contributed by atoms with Gasteiger partial charge in [0.1, 0.15) is 0 Å². The molecule has 0 N–H and O–H groups in total. The molecule has 0 aromatic heterocycles. The van der Waals surface area contributed by atoms with Gasteiger partial charge in [0.2, 0.25) is 5.91 Å². The van der Waals surface area contributed by atoms with Crippen LogP contribution < -0.4 is 0 Å². The van der Waals surface area contributed by atoms with E-state index in [2.05, 4.69) is 29.2 Å². The van der Waals surface area contributed by atoms with Gasteiger partial charge in [0.25, 0.3) is 0 Å². The average Bonchev–Trinajstić information content (AvgIpc) is 2.77. The highest BCUT2D eigenvalue weighted by Crippen LogP contribution is 2.29. The van der Waals surface area contributed by atoms with E-state index in [0.29, 0.717) is 11.8 Å². The molecule has 2 aliphatic rings. The molecule has 0 spiro atoms. The molecule has 1 aliphatic carbocycles. The Morgan fingerprint density at radius 3 is 2.50 bits per heavy atom. The summed E-state index contributed by atoms with van der Waals surface area (Å²) in [5.74, 6) is 1.04. The molecule has 1 unspecified atom stereocenters. The molecule has 3 heteroatoms. The van der Waals surface area contributed by atoms with Crippen LogP contribution >= 0.6 is 11.6 Å². The molecule has 3 rings (SSSR count). The van der Waals surface area contributed by atoms with E-state index in [9.17, 15) is 4.79 Å². The maximum absolute atomic E-state index is 12.9. The fraction of sp³-hybridized carbons (Fsp3) is 0.588. The summed E-state index contributed by atoms with van der Waals surface area (Å²) in [6.07, 6.45) is 6.42. The van der Waals surface area contributed by atoms with Crippen LogP contribution in [0, 0.1) is 5.92 Å². The quantitative estimate of drug-likeness (QED) is 0.765. The van der Waals surface area contributed by atoms with Crippen molar-refractivity contribution in [3.8, 4) is 0 Å². The lowest BCUT2D eigenvalue weighted by atomic mass is 10.0. The van der Waals surface area contributed by atoms with Crippen LogP contribution in [0.15, 0.2) is 24.3 Å². The highest BCUT2D eigenvalue weighted by molar-refractivity contribution is 6.18. The van der Waals surface area contributed by atoms with Gasteiger partial charge < -0.3 is 4.90 Å². The number of nitrogens with zero attached hydrogens (tertiary/aromatic N) is 1. The minimum absolute atomic E-state index is 0.135. The van der Waals surface area contributed by atoms with Gasteiger partial charge in [-0.3, -0.25) is 4.79 Å². The summed E-state index contributed by atoms with van der Waals surface area (Å²) in [4.78, 5) is 14.9. The predicted molar refractivity (Wildman–Crippen MR) is 82.0 cm³/mol. The van der Waals surface area contributed by atoms with Crippen LogP contribution in [0.5, 0.6) is 0 Å². The molecule has 20 heavy (non-hydrogen) atoms. The molecule has 0 radical (unpaired) electrons. The van der Waals surface area contributed by atoms with Crippen molar-refractivity contribution in [3.63, 3.8) is 0 Å². The number of amides is 1. The van der Waals surface area contributed by atoms with E-state index >= 15 is 0 Å². The Morgan fingerprint density at radius 2 is 1.85 bits per heavy atom. The van der Waals surface area contributed by atoms with Crippen LogP contribution in [-0.4, -0.2) is 29.3 Å². The molecule has 1 amide bonds. The molecule has 1 aliphatic heterocycles. The topological polar surface area (TPSA) is 20.3 Å². The van der Waals surface area contributed by atoms with Crippen LogP contribution in [0.3, 0.4) is 0 Å². The smallest absolute Gasteiger partial charge is 0.226 e. The van der Waals surface area contributed by atoms with Crippen LogP contribution in [0.4, 0.5) is 0 Å². The van der Waals surface area contributed by atoms with Gasteiger partial charge in [0.15, 0.2) is 0 Å². The van der Waals surface area contributed by atoms with Crippen molar-refractivity contribution in [1.29, 1.82) is 0 Å². The van der Waals surface area contributed by atoms with Crippen molar-refractivity contribution in [2.24, 2.45) is 5.92 Å². The van der Waals surface area contributed by atoms with E-state index in [1.807, 2.05) is 0 Å². The number of alkyl halides is 1. The van der Waals surface area contributed by atoms with Crippen molar-refractivity contribution < 1.29 is 4.79 Å². The number of carbonyl (C=O) groups is 1. The van der Waals surface area contributed by atoms with Crippen LogP contribution in [-0.2, 0) is 17.6 Å². The van der Waals surface area contributed by atoms with E-state index in [4.69, 9.17) is 11.6 Å². The standard InChI is InChI=1S/C17H22ClNO/c18-12-16-8-2-1-5-9-19(16)17(20)15-10-13-6-3-4-7-14(13)11-15/h3-4,6-7,15-16H,1-2,5,8-12H2. The minimum atomic E-state index is 0.135. The number of likely N-dealkylation sites (tertiary alicyclic amines) is 1. The third kappa shape index (κ3) is 2.71. The van der Waals surface area contributed by atoms with Gasteiger partial charge in [-0.05, 0) is 36.8 Å². The second kappa shape index (κ2) is 6.17. The number of fused-ring (bicyclic) bond motifs is 1. The van der Waals surface area contributed by atoms with Crippen molar-refractivity contribution >= 4 is 17.5 Å². The minimum Gasteiger partial charge on any atom is -0.338 e. The van der Waals surface area contributed by atoms with E-state index in [1.54, 1.807) is 0 Å². The first kappa shape index (κ1) is 13.9. The Bertz CT molecular complexity index is 463. The summed E-state index contributed by atoms with van der Waals surface area (Å²) >= 11 is 6.09. The van der Waals surface area contributed by atoms with Crippen LogP contribution in [0.2, 0.25) is 0 Å². The molecular weight excluding hydrogens is 270 g/mol. The van der Waals surface area contributed by atoms with E-state index in [1.165, 1.54) is 24.0 Å². The molecular formula is C17H22ClNO. The number of rotatable bonds is 2. The maximum atomic E-state index is 12.9. The highest BCUT2D eigenvalue weighted by atomic mass is 35.5. The molecule has 0 bridgehead atoms. The molecule has 1 saturated heterocycles. The molecule has 2 nitrogen and oxygen atoms in total. The SMILES string of the molecule is O=C(C1Cc2ccccc2C1)N1CCCCCC1CCl. The third-order valence-corrected chi connectivity index (χ3v) is 5.09. The normalized spacial score (nSPS) is 23.4. The van der Waals surface area contributed by atoms with Crippen molar-refractivity contribution in [2.45, 2.75) is 44.6 Å². The van der Waals surface area contributed by atoms with E-state index in [0.717, 1.165) is 32.2 Å². The number of hydrogen-bond acceptors (Lipinski definition) is 1. The van der Waals surface area contributed by atoms with E-state index < -0.39 is 0 Å². The molecule has 1 heterocycles. The summed E-state index contributed by atoms with van der Waals surface area (Å²) in [6.45, 7) is 0.892. The first-order valence-corrected chi connectivity index (χ1v) is 8.26. The predicted octanol–water partition coefficient (Wildman–Crippen LogP) is 3.41. The lowest BCUT2D eigenvalue weighted by molar-refractivity contribution is -0.137. The van der Waals surface area contributed by atoms with Gasteiger partial charge in [-0.25, -0.2) is 0 Å². The summed E-state index contributed by atoms with van der Waals surface area (Å²) in [5.41, 5.74) is 2.70. The first-order chi connectivity index (χ1) is 9.79. The molecule has 0 saturated carbocycles. The Labute approximate surface area is 126 Å². The monoisotopic (exact) mass is 291 g/mol. The van der Waals surface area contributed by atoms with Crippen molar-refractivity contribution in [2.75, 3.05) is 12.4 Å². The number of halogens is 1. The van der Waals surface area contributed by atoms with Gasteiger partial charge in [-0.2, -0.15) is 0 Å². The fourth-order valence-electron chi connectivity index (χ4n) is 3.60. The Hall–Kier alpha value is -1.02. The molecule has 108 valence electrons. The second-order valence-electron chi connectivity index (χ2n) is 6.06. The van der Waals surface area contributed by atoms with Crippen LogP contribution in [0.25, 0.3) is 0 Å². The van der Waals surface area contributed by atoms with E-state index in [-0.39, 0.29) is 12.0 Å². The van der Waals surface area contributed by atoms with Crippen LogP contribution in [0.1, 0.15) is 36.8 Å². The Balaban J connectivity index is 1.73. The summed E-state index contributed by atoms with van der Waals surface area (Å²) in [7, 11) is 0. The zero-order valence-corrected chi connectivity index (χ0v) is 12.6. The average molecular weight is 292 g/mol. The summed E-state index contributed by atoms with van der Waals surface area (Å²) < 4.78 is 0. The number of carbonyl (C=O) groups excluding carboxylic acids is 1. The van der Waals surface area contributed by atoms with Gasteiger partial charge >= 0.3 is 0 Å².